The topological polar surface area (TPSA) is 58.6 Å². The quantitative estimate of drug-likeness (QED) is 0.798. The minimum Gasteiger partial charge on any atom is -0.383 e. The average molecular weight is 296 g/mol. The fourth-order valence-electron chi connectivity index (χ4n) is 2.31. The summed E-state index contributed by atoms with van der Waals surface area (Å²) in [6, 6.07) is 3.87. The molecule has 1 N–H and O–H groups in total. The molecule has 1 aliphatic rings. The number of hydrogen-bond donors (Lipinski definition) is 1. The van der Waals surface area contributed by atoms with E-state index < -0.39 is 5.54 Å². The van der Waals surface area contributed by atoms with E-state index in [1.807, 2.05) is 24.4 Å². The van der Waals surface area contributed by atoms with Crippen molar-refractivity contribution < 1.29 is 14.3 Å². The number of carbonyl (C=O) groups is 2. The van der Waals surface area contributed by atoms with E-state index >= 15 is 0 Å². The predicted molar refractivity (Wildman–Crippen MR) is 77.6 cm³/mol. The summed E-state index contributed by atoms with van der Waals surface area (Å²) >= 11 is 1.56. The molecule has 6 heteroatoms. The summed E-state index contributed by atoms with van der Waals surface area (Å²) in [6.07, 6.45) is 1.08. The minimum absolute atomic E-state index is 0.0168. The van der Waals surface area contributed by atoms with Gasteiger partial charge >= 0.3 is 0 Å². The van der Waals surface area contributed by atoms with Gasteiger partial charge in [-0.1, -0.05) is 6.07 Å². The number of methoxy groups -OCH3 is 1. The van der Waals surface area contributed by atoms with Gasteiger partial charge in [0.25, 0.3) is 0 Å². The van der Waals surface area contributed by atoms with Crippen molar-refractivity contribution in [1.29, 1.82) is 0 Å². The maximum atomic E-state index is 12.3. The van der Waals surface area contributed by atoms with Crippen LogP contribution in [0.5, 0.6) is 0 Å². The van der Waals surface area contributed by atoms with Gasteiger partial charge in [0.05, 0.1) is 13.0 Å². The van der Waals surface area contributed by atoms with E-state index in [1.54, 1.807) is 23.3 Å². The Morgan fingerprint density at radius 1 is 1.55 bits per heavy atom. The van der Waals surface area contributed by atoms with Crippen molar-refractivity contribution in [3.05, 3.63) is 22.4 Å². The van der Waals surface area contributed by atoms with Crippen LogP contribution in [0.2, 0.25) is 0 Å². The third kappa shape index (κ3) is 3.02. The average Bonchev–Trinajstić information content (AvgIpc) is 2.89. The molecule has 1 atom stereocenters. The summed E-state index contributed by atoms with van der Waals surface area (Å²) in [7, 11) is 1.59. The van der Waals surface area contributed by atoms with E-state index in [4.69, 9.17) is 4.74 Å². The van der Waals surface area contributed by atoms with Gasteiger partial charge in [-0.3, -0.25) is 9.59 Å². The molecule has 1 aromatic rings. The normalized spacial score (nSPS) is 21.4. The number of hydrogen-bond acceptors (Lipinski definition) is 4. The SMILES string of the molecule is COCCNC(=O)C1(C)CCN1C(=O)Cc1cccs1. The molecular formula is C14H20N2O3S. The molecule has 0 aromatic carbocycles. The molecule has 1 saturated heterocycles. The van der Waals surface area contributed by atoms with Crippen molar-refractivity contribution in [2.75, 3.05) is 26.8 Å². The number of carbonyl (C=O) groups excluding carboxylic acids is 2. The zero-order valence-electron chi connectivity index (χ0n) is 11.8. The highest BCUT2D eigenvalue weighted by molar-refractivity contribution is 7.10. The molecule has 5 nitrogen and oxygen atoms in total. The molecule has 0 radical (unpaired) electrons. The largest absolute Gasteiger partial charge is 0.383 e. The Morgan fingerprint density at radius 2 is 2.35 bits per heavy atom. The predicted octanol–water partition coefficient (Wildman–Crippen LogP) is 1.04. The zero-order chi connectivity index (χ0) is 14.6. The summed E-state index contributed by atoms with van der Waals surface area (Å²) in [5.41, 5.74) is -0.706. The van der Waals surface area contributed by atoms with Crippen LogP contribution in [0.4, 0.5) is 0 Å². The lowest BCUT2D eigenvalue weighted by molar-refractivity contribution is -0.157. The first kappa shape index (κ1) is 15.0. The summed E-state index contributed by atoms with van der Waals surface area (Å²) in [4.78, 5) is 27.2. The second-order valence-corrected chi connectivity index (χ2v) is 6.11. The number of amides is 2. The Labute approximate surface area is 122 Å². The first-order valence-electron chi connectivity index (χ1n) is 6.68. The lowest BCUT2D eigenvalue weighted by Crippen LogP contribution is -2.67. The summed E-state index contributed by atoms with van der Waals surface area (Å²) in [5.74, 6) is -0.0802. The van der Waals surface area contributed by atoms with Gasteiger partial charge < -0.3 is 15.0 Å². The zero-order valence-corrected chi connectivity index (χ0v) is 12.7. The van der Waals surface area contributed by atoms with Gasteiger partial charge in [-0.2, -0.15) is 0 Å². The molecule has 0 bridgehead atoms. The van der Waals surface area contributed by atoms with Crippen LogP contribution >= 0.6 is 11.3 Å². The van der Waals surface area contributed by atoms with Crippen LogP contribution in [0, 0.1) is 0 Å². The van der Waals surface area contributed by atoms with Gasteiger partial charge in [0.2, 0.25) is 11.8 Å². The molecule has 2 rings (SSSR count). The van der Waals surface area contributed by atoms with Crippen LogP contribution in [0.25, 0.3) is 0 Å². The van der Waals surface area contributed by atoms with Gasteiger partial charge in [-0.05, 0) is 24.8 Å². The van der Waals surface area contributed by atoms with E-state index in [0.29, 0.717) is 32.5 Å². The smallest absolute Gasteiger partial charge is 0.245 e. The maximum absolute atomic E-state index is 12.3. The van der Waals surface area contributed by atoms with Crippen molar-refractivity contribution in [3.63, 3.8) is 0 Å². The highest BCUT2D eigenvalue weighted by Gasteiger charge is 2.48. The van der Waals surface area contributed by atoms with Crippen LogP contribution < -0.4 is 5.32 Å². The van der Waals surface area contributed by atoms with Crippen molar-refractivity contribution >= 4 is 23.2 Å². The molecule has 1 aromatic heterocycles. The van der Waals surface area contributed by atoms with Crippen LogP contribution in [0.3, 0.4) is 0 Å². The number of nitrogens with zero attached hydrogens (tertiary/aromatic N) is 1. The molecule has 1 aliphatic heterocycles. The van der Waals surface area contributed by atoms with E-state index in [-0.39, 0.29) is 11.8 Å². The highest BCUT2D eigenvalue weighted by Crippen LogP contribution is 2.31. The number of ether oxygens (including phenoxy) is 1. The Balaban J connectivity index is 1.92. The molecule has 110 valence electrons. The van der Waals surface area contributed by atoms with Gasteiger partial charge in [0.15, 0.2) is 0 Å². The number of thiophene rings is 1. The van der Waals surface area contributed by atoms with E-state index in [1.165, 1.54) is 0 Å². The molecule has 1 unspecified atom stereocenters. The van der Waals surface area contributed by atoms with E-state index in [0.717, 1.165) is 4.88 Å². The maximum Gasteiger partial charge on any atom is 0.245 e. The second-order valence-electron chi connectivity index (χ2n) is 5.07. The first-order valence-corrected chi connectivity index (χ1v) is 7.56. The van der Waals surface area contributed by atoms with Crippen LogP contribution in [-0.4, -0.2) is 49.1 Å². The highest BCUT2D eigenvalue weighted by atomic mass is 32.1. The molecule has 2 amide bonds. The van der Waals surface area contributed by atoms with E-state index in [9.17, 15) is 9.59 Å². The molecule has 2 heterocycles. The lowest BCUT2D eigenvalue weighted by Gasteiger charge is -2.49. The van der Waals surface area contributed by atoms with Crippen LogP contribution in [-0.2, 0) is 20.7 Å². The Morgan fingerprint density at radius 3 is 2.90 bits per heavy atom. The Hall–Kier alpha value is -1.40. The van der Waals surface area contributed by atoms with Crippen molar-refractivity contribution in [2.24, 2.45) is 0 Å². The van der Waals surface area contributed by atoms with Crippen molar-refractivity contribution in [3.8, 4) is 0 Å². The summed E-state index contributed by atoms with van der Waals surface area (Å²) < 4.78 is 4.91. The Kier molecular flexibility index (Phi) is 4.77. The monoisotopic (exact) mass is 296 g/mol. The second kappa shape index (κ2) is 6.37. The van der Waals surface area contributed by atoms with Crippen molar-refractivity contribution in [2.45, 2.75) is 25.3 Å². The molecule has 0 spiro atoms. The number of likely N-dealkylation sites (tertiary alicyclic amines) is 1. The summed E-state index contributed by atoms with van der Waals surface area (Å²) in [5, 5.41) is 4.77. The molecule has 20 heavy (non-hydrogen) atoms. The molecule has 0 aliphatic carbocycles. The number of rotatable bonds is 6. The van der Waals surface area contributed by atoms with Gasteiger partial charge in [-0.25, -0.2) is 0 Å². The third-order valence-corrected chi connectivity index (χ3v) is 4.58. The minimum atomic E-state index is -0.706. The lowest BCUT2D eigenvalue weighted by atomic mass is 9.85. The Bertz CT molecular complexity index is 475. The number of nitrogens with one attached hydrogen (secondary N) is 1. The van der Waals surface area contributed by atoms with Crippen LogP contribution in [0.15, 0.2) is 17.5 Å². The third-order valence-electron chi connectivity index (χ3n) is 3.71. The first-order chi connectivity index (χ1) is 9.58. The fourth-order valence-corrected chi connectivity index (χ4v) is 3.01. The standard InChI is InChI=1S/C14H20N2O3S/c1-14(13(18)15-6-8-19-2)5-7-16(14)12(17)10-11-4-3-9-20-11/h3-4,9H,5-8,10H2,1-2H3,(H,15,18). The molecule has 0 saturated carbocycles. The van der Waals surface area contributed by atoms with Gasteiger partial charge in [-0.15, -0.1) is 11.3 Å². The fraction of sp³-hybridized carbons (Fsp3) is 0.571. The molecular weight excluding hydrogens is 276 g/mol. The van der Waals surface area contributed by atoms with Gasteiger partial charge in [0.1, 0.15) is 5.54 Å². The van der Waals surface area contributed by atoms with Crippen molar-refractivity contribution in [1.82, 2.24) is 10.2 Å². The van der Waals surface area contributed by atoms with Crippen LogP contribution in [0.1, 0.15) is 18.2 Å². The molecule has 1 fully saturated rings. The van der Waals surface area contributed by atoms with E-state index in [2.05, 4.69) is 5.32 Å². The van der Waals surface area contributed by atoms with Gasteiger partial charge in [0, 0.05) is 25.1 Å². The summed E-state index contributed by atoms with van der Waals surface area (Å²) in [6.45, 7) is 3.42.